The summed E-state index contributed by atoms with van der Waals surface area (Å²) in [4.78, 5) is 14.6. The van der Waals surface area contributed by atoms with Gasteiger partial charge in [-0.2, -0.15) is 0 Å². The number of pyridine rings is 1. The van der Waals surface area contributed by atoms with Crippen LogP contribution in [0.3, 0.4) is 0 Å². The molecule has 96 valence electrons. The summed E-state index contributed by atoms with van der Waals surface area (Å²) in [7, 11) is 0. The second-order valence-corrected chi connectivity index (χ2v) is 5.77. The van der Waals surface area contributed by atoms with Crippen molar-refractivity contribution in [3.05, 3.63) is 36.7 Å². The molecule has 1 N–H and O–H groups in total. The molecule has 0 amide bonds. The molecule has 0 unspecified atom stereocenters. The van der Waals surface area contributed by atoms with Gasteiger partial charge in [-0.25, -0.2) is 4.98 Å². The van der Waals surface area contributed by atoms with Crippen molar-refractivity contribution in [2.45, 2.75) is 9.79 Å². The zero-order valence-corrected chi connectivity index (χ0v) is 12.3. The number of nitrogens with zero attached hydrogens (tertiary/aromatic N) is 2. The minimum absolute atomic E-state index is 0.901. The summed E-state index contributed by atoms with van der Waals surface area (Å²) in [6, 6.07) is 8.41. The predicted molar refractivity (Wildman–Crippen MR) is 82.9 cm³/mol. The number of nitrogens with one attached hydrogen (secondary N) is 1. The van der Waals surface area contributed by atoms with Crippen LogP contribution in [0, 0.1) is 0 Å². The fraction of sp³-hybridized carbons (Fsp3) is 0.143. The monoisotopic (exact) mass is 287 g/mol. The molecule has 0 aliphatic rings. The third-order valence-corrected chi connectivity index (χ3v) is 4.45. The highest BCUT2D eigenvalue weighted by Crippen LogP contribution is 2.32. The average molecular weight is 287 g/mol. The highest BCUT2D eigenvalue weighted by atomic mass is 32.2. The molecule has 2 aromatic heterocycles. The summed E-state index contributed by atoms with van der Waals surface area (Å²) in [5.74, 6) is 0.903. The predicted octanol–water partition coefficient (Wildman–Crippen LogP) is 4.07. The normalized spacial score (nSPS) is 11.1. The van der Waals surface area contributed by atoms with Crippen LogP contribution in [0.5, 0.6) is 0 Å². The van der Waals surface area contributed by atoms with Crippen LogP contribution in [0.4, 0.5) is 0 Å². The number of aromatic nitrogens is 3. The largest absolute Gasteiger partial charge is 0.338 e. The van der Waals surface area contributed by atoms with E-state index in [0.29, 0.717) is 0 Å². The molecule has 0 saturated carbocycles. The molecule has 0 bridgehead atoms. The van der Waals surface area contributed by atoms with Crippen LogP contribution < -0.4 is 0 Å². The maximum absolute atomic E-state index is 4.61. The first-order chi connectivity index (χ1) is 9.31. The van der Waals surface area contributed by atoms with Crippen LogP contribution in [0.25, 0.3) is 22.4 Å². The standard InChI is InChI=1S/C14H13N3S2/c1-18-9-3-4-10(13(7-9)19-2)14-16-11-5-6-15-8-12(11)17-14/h3-8H,1-2H3,(H,16,17). The third kappa shape index (κ3) is 2.35. The average Bonchev–Trinajstić information content (AvgIpc) is 2.90. The van der Waals surface area contributed by atoms with Gasteiger partial charge in [0, 0.05) is 21.6 Å². The van der Waals surface area contributed by atoms with E-state index in [9.17, 15) is 0 Å². The van der Waals surface area contributed by atoms with Gasteiger partial charge in [-0.3, -0.25) is 4.98 Å². The van der Waals surface area contributed by atoms with Gasteiger partial charge in [0.25, 0.3) is 0 Å². The molecule has 0 aliphatic heterocycles. The first-order valence-corrected chi connectivity index (χ1v) is 8.29. The van der Waals surface area contributed by atoms with Gasteiger partial charge in [-0.15, -0.1) is 23.5 Å². The van der Waals surface area contributed by atoms with Gasteiger partial charge in [-0.1, -0.05) is 0 Å². The van der Waals surface area contributed by atoms with Gasteiger partial charge >= 0.3 is 0 Å². The maximum atomic E-state index is 4.61. The first-order valence-electron chi connectivity index (χ1n) is 5.84. The second-order valence-electron chi connectivity index (χ2n) is 4.04. The Hall–Kier alpha value is -1.46. The molecule has 19 heavy (non-hydrogen) atoms. The van der Waals surface area contributed by atoms with E-state index >= 15 is 0 Å². The van der Waals surface area contributed by atoms with E-state index in [1.807, 2.05) is 6.07 Å². The molecule has 0 spiro atoms. The van der Waals surface area contributed by atoms with E-state index in [0.717, 1.165) is 22.4 Å². The molecule has 0 fully saturated rings. The van der Waals surface area contributed by atoms with Crippen molar-refractivity contribution in [3.63, 3.8) is 0 Å². The van der Waals surface area contributed by atoms with E-state index in [1.54, 1.807) is 35.9 Å². The molecule has 5 heteroatoms. The Morgan fingerprint density at radius 1 is 1.11 bits per heavy atom. The molecule has 0 radical (unpaired) electrons. The number of imidazole rings is 1. The second kappa shape index (κ2) is 5.27. The summed E-state index contributed by atoms with van der Waals surface area (Å²) >= 11 is 3.49. The van der Waals surface area contributed by atoms with Crippen molar-refractivity contribution in [1.82, 2.24) is 15.0 Å². The Balaban J connectivity index is 2.15. The number of rotatable bonds is 3. The molecule has 0 aliphatic carbocycles. The Morgan fingerprint density at radius 3 is 2.74 bits per heavy atom. The minimum atomic E-state index is 0.901. The van der Waals surface area contributed by atoms with Gasteiger partial charge in [0.15, 0.2) is 0 Å². The fourth-order valence-electron chi connectivity index (χ4n) is 1.98. The lowest BCUT2D eigenvalue weighted by atomic mass is 10.2. The molecular weight excluding hydrogens is 274 g/mol. The highest BCUT2D eigenvalue weighted by molar-refractivity contribution is 7.99. The van der Waals surface area contributed by atoms with E-state index < -0.39 is 0 Å². The quantitative estimate of drug-likeness (QED) is 0.737. The van der Waals surface area contributed by atoms with Crippen LogP contribution in [0.1, 0.15) is 0 Å². The van der Waals surface area contributed by atoms with Gasteiger partial charge in [0.2, 0.25) is 0 Å². The highest BCUT2D eigenvalue weighted by Gasteiger charge is 2.10. The zero-order chi connectivity index (χ0) is 13.2. The van der Waals surface area contributed by atoms with Gasteiger partial charge < -0.3 is 4.98 Å². The van der Waals surface area contributed by atoms with Crippen LogP contribution in [-0.4, -0.2) is 27.5 Å². The first kappa shape index (κ1) is 12.6. The Kier molecular flexibility index (Phi) is 3.48. The summed E-state index contributed by atoms with van der Waals surface area (Å²) in [5.41, 5.74) is 3.06. The number of aromatic amines is 1. The lowest BCUT2D eigenvalue weighted by Crippen LogP contribution is -1.85. The van der Waals surface area contributed by atoms with Crippen LogP contribution in [0.15, 0.2) is 46.5 Å². The smallest absolute Gasteiger partial charge is 0.139 e. The van der Waals surface area contributed by atoms with Gasteiger partial charge in [0.1, 0.15) is 11.3 Å². The van der Waals surface area contributed by atoms with E-state index in [1.165, 1.54) is 9.79 Å². The molecule has 0 atom stereocenters. The molecule has 3 aromatic rings. The Labute approximate surface area is 120 Å². The lowest BCUT2D eigenvalue weighted by Gasteiger charge is -2.06. The van der Waals surface area contributed by atoms with Crippen molar-refractivity contribution in [2.75, 3.05) is 12.5 Å². The van der Waals surface area contributed by atoms with Crippen LogP contribution >= 0.6 is 23.5 Å². The summed E-state index contributed by atoms with van der Waals surface area (Å²) in [5, 5.41) is 0. The topological polar surface area (TPSA) is 41.6 Å². The van der Waals surface area contributed by atoms with Crippen molar-refractivity contribution >= 4 is 34.6 Å². The van der Waals surface area contributed by atoms with Gasteiger partial charge in [0.05, 0.1) is 11.7 Å². The molecule has 0 saturated heterocycles. The fourth-order valence-corrected chi connectivity index (χ4v) is 3.12. The van der Waals surface area contributed by atoms with Crippen LogP contribution in [-0.2, 0) is 0 Å². The summed E-state index contributed by atoms with van der Waals surface area (Å²) in [6.07, 6.45) is 7.74. The number of hydrogen-bond acceptors (Lipinski definition) is 4. The van der Waals surface area contributed by atoms with Crippen molar-refractivity contribution in [3.8, 4) is 11.4 Å². The Morgan fingerprint density at radius 2 is 2.00 bits per heavy atom. The number of H-pyrrole nitrogens is 1. The van der Waals surface area contributed by atoms with Crippen molar-refractivity contribution in [2.24, 2.45) is 0 Å². The molecule has 3 nitrogen and oxygen atoms in total. The number of benzene rings is 1. The summed E-state index contributed by atoms with van der Waals surface area (Å²) < 4.78 is 0. The van der Waals surface area contributed by atoms with E-state index in [4.69, 9.17) is 0 Å². The molecule has 1 aromatic carbocycles. The SMILES string of the molecule is CSc1ccc(-c2nc3cnccc3[nH]2)c(SC)c1. The van der Waals surface area contributed by atoms with Crippen molar-refractivity contribution in [1.29, 1.82) is 0 Å². The molecule has 2 heterocycles. The van der Waals surface area contributed by atoms with Crippen molar-refractivity contribution < 1.29 is 0 Å². The number of hydrogen-bond donors (Lipinski definition) is 1. The zero-order valence-electron chi connectivity index (χ0n) is 10.7. The third-order valence-electron chi connectivity index (χ3n) is 2.95. The van der Waals surface area contributed by atoms with E-state index in [-0.39, 0.29) is 0 Å². The van der Waals surface area contributed by atoms with Gasteiger partial charge in [-0.05, 0) is 36.8 Å². The maximum Gasteiger partial charge on any atom is 0.139 e. The number of fused-ring (bicyclic) bond motifs is 1. The van der Waals surface area contributed by atoms with E-state index in [2.05, 4.69) is 45.7 Å². The summed E-state index contributed by atoms with van der Waals surface area (Å²) in [6.45, 7) is 0. The minimum Gasteiger partial charge on any atom is -0.338 e. The molecular formula is C14H13N3S2. The Bertz CT molecular complexity index is 689. The molecule has 3 rings (SSSR count). The van der Waals surface area contributed by atoms with Crippen LogP contribution in [0.2, 0.25) is 0 Å². The number of thioether (sulfide) groups is 2. The lowest BCUT2D eigenvalue weighted by molar-refractivity contribution is 1.26.